The number of aliphatic hydroxyl groups is 8. The Balaban J connectivity index is 1.32. The van der Waals surface area contributed by atoms with Crippen LogP contribution in [-0.2, 0) is 23.7 Å². The maximum Gasteiger partial charge on any atom is 0.187 e. The van der Waals surface area contributed by atoms with Gasteiger partial charge in [0.15, 0.2) is 18.4 Å². The van der Waals surface area contributed by atoms with Crippen molar-refractivity contribution in [2.24, 2.45) is 46.3 Å². The molecule has 298 valence electrons. The van der Waals surface area contributed by atoms with E-state index in [2.05, 4.69) is 20.8 Å². The summed E-state index contributed by atoms with van der Waals surface area (Å²) in [5.74, 6) is 0.846. The third-order valence-electron chi connectivity index (χ3n) is 14.7. The van der Waals surface area contributed by atoms with Gasteiger partial charge in [0, 0.05) is 13.0 Å². The number of carbonyl (C=O) groups excluding carboxylic acids is 1. The lowest BCUT2D eigenvalue weighted by Gasteiger charge is -2.58. The van der Waals surface area contributed by atoms with Crippen molar-refractivity contribution >= 4 is 5.78 Å². The second kappa shape index (κ2) is 15.8. The molecule has 0 aromatic rings. The van der Waals surface area contributed by atoms with Gasteiger partial charge in [-0.1, -0.05) is 33.3 Å². The maximum atomic E-state index is 12.4. The van der Waals surface area contributed by atoms with Crippen LogP contribution in [-0.4, -0.2) is 133 Å². The molecule has 20 atom stereocenters. The second-order valence-corrected chi connectivity index (χ2v) is 17.7. The van der Waals surface area contributed by atoms with Crippen molar-refractivity contribution in [1.82, 2.24) is 0 Å². The van der Waals surface area contributed by atoms with Crippen LogP contribution in [0, 0.1) is 46.3 Å². The van der Waals surface area contributed by atoms with E-state index in [9.17, 15) is 45.6 Å². The number of rotatable bonds is 11. The number of ether oxygens (including phenoxy) is 4. The third-order valence-corrected chi connectivity index (χ3v) is 14.7. The Kier molecular flexibility index (Phi) is 12.3. The number of aliphatic hydroxyl groups excluding tert-OH is 8. The fraction of sp³-hybridized carbons (Fsp3) is 0.923. The van der Waals surface area contributed by atoms with Crippen molar-refractivity contribution in [1.29, 1.82) is 0 Å². The summed E-state index contributed by atoms with van der Waals surface area (Å²) in [5, 5.41) is 85.3. The summed E-state index contributed by atoms with van der Waals surface area (Å²) in [5.41, 5.74) is 0.985. The van der Waals surface area contributed by atoms with Crippen LogP contribution in [0.3, 0.4) is 0 Å². The molecule has 6 rings (SSSR count). The largest absolute Gasteiger partial charge is 0.396 e. The van der Waals surface area contributed by atoms with Gasteiger partial charge in [-0.2, -0.15) is 0 Å². The minimum Gasteiger partial charge on any atom is -0.396 e. The molecule has 2 saturated heterocycles. The van der Waals surface area contributed by atoms with Crippen molar-refractivity contribution in [2.45, 2.75) is 166 Å². The van der Waals surface area contributed by atoms with E-state index in [-0.39, 0.29) is 46.9 Å². The fourth-order valence-corrected chi connectivity index (χ4v) is 11.5. The van der Waals surface area contributed by atoms with Crippen LogP contribution < -0.4 is 0 Å². The Morgan fingerprint density at radius 3 is 2.29 bits per heavy atom. The maximum absolute atomic E-state index is 12.4. The number of ketones is 1. The highest BCUT2D eigenvalue weighted by Crippen LogP contribution is 2.68. The first-order valence-corrected chi connectivity index (χ1v) is 19.7. The normalized spacial score (nSPS) is 49.7. The Morgan fingerprint density at radius 2 is 1.60 bits per heavy atom. The van der Waals surface area contributed by atoms with E-state index < -0.39 is 80.2 Å². The second-order valence-electron chi connectivity index (χ2n) is 17.7. The quantitative estimate of drug-likeness (QED) is 0.150. The van der Waals surface area contributed by atoms with Gasteiger partial charge in [0.2, 0.25) is 0 Å². The van der Waals surface area contributed by atoms with Gasteiger partial charge < -0.3 is 59.8 Å². The molecule has 52 heavy (non-hydrogen) atoms. The van der Waals surface area contributed by atoms with Crippen LogP contribution in [0.25, 0.3) is 0 Å². The van der Waals surface area contributed by atoms with Gasteiger partial charge in [-0.15, -0.1) is 0 Å². The third kappa shape index (κ3) is 7.20. The molecule has 5 fully saturated rings. The summed E-state index contributed by atoms with van der Waals surface area (Å²) in [4.78, 5) is 12.4. The summed E-state index contributed by atoms with van der Waals surface area (Å²) in [6, 6.07) is 0. The number of allylic oxidation sites excluding steroid dienone is 1. The molecule has 0 aromatic carbocycles. The van der Waals surface area contributed by atoms with Crippen molar-refractivity contribution < 1.29 is 64.6 Å². The van der Waals surface area contributed by atoms with Crippen LogP contribution in [0.4, 0.5) is 0 Å². The molecule has 0 aromatic heterocycles. The van der Waals surface area contributed by atoms with E-state index >= 15 is 0 Å². The highest BCUT2D eigenvalue weighted by Gasteiger charge is 2.64. The van der Waals surface area contributed by atoms with Crippen LogP contribution in [0.2, 0.25) is 0 Å². The summed E-state index contributed by atoms with van der Waals surface area (Å²) in [6.07, 6.45) is -6.56. The van der Waals surface area contributed by atoms with E-state index in [1.807, 2.05) is 13.0 Å². The number of hydrogen-bond acceptors (Lipinski definition) is 13. The van der Waals surface area contributed by atoms with E-state index in [0.717, 1.165) is 32.1 Å². The molecule has 13 nitrogen and oxygen atoms in total. The van der Waals surface area contributed by atoms with Crippen molar-refractivity contribution in [3.8, 4) is 0 Å². The molecule has 0 spiro atoms. The first kappa shape index (κ1) is 40.6. The van der Waals surface area contributed by atoms with Gasteiger partial charge in [0.1, 0.15) is 42.7 Å². The SMILES string of the molecule is C[C@H](CO)CC[C@H](O)[C@@H](C)[C@H]1[C@@H](O[C@@H]2O[C@H](CO)[C@H](O)[C@H](O)[C@H]2O[C@H]2O[C@@H](C)[C@H](O)[C@@H](O)[C@H]2O)C[C@H]2[C@@H]3CCC4=CC(=O)CC[C@]4(C)[C@H]3CC[C@]12C. The zero-order chi connectivity index (χ0) is 37.9. The predicted octanol–water partition coefficient (Wildman–Crippen LogP) is 1.19. The fourth-order valence-electron chi connectivity index (χ4n) is 11.5. The number of carbonyl (C=O) groups is 1. The van der Waals surface area contributed by atoms with E-state index in [1.54, 1.807) is 0 Å². The van der Waals surface area contributed by atoms with Gasteiger partial charge in [0.25, 0.3) is 0 Å². The molecular weight excluding hydrogens is 676 g/mol. The van der Waals surface area contributed by atoms with Gasteiger partial charge in [-0.05, 0) is 111 Å². The number of hydrogen-bond donors (Lipinski definition) is 8. The summed E-state index contributed by atoms with van der Waals surface area (Å²) < 4.78 is 24.8. The molecule has 2 heterocycles. The van der Waals surface area contributed by atoms with Crippen LogP contribution in [0.5, 0.6) is 0 Å². The molecule has 0 unspecified atom stereocenters. The minimum atomic E-state index is -1.68. The minimum absolute atomic E-state index is 0.0364. The van der Waals surface area contributed by atoms with Gasteiger partial charge >= 0.3 is 0 Å². The van der Waals surface area contributed by atoms with Gasteiger partial charge in [-0.3, -0.25) is 4.79 Å². The lowest BCUT2D eigenvalue weighted by Crippen LogP contribution is -2.64. The standard InChI is InChI=1S/C39H64O13/c1-18(16-40)6-9-26(43)19(2)29-27(15-25-23-8-7-21-14-22(42)10-12-38(21,4)24(23)11-13-39(25,29)5)50-37-35(33(47)31(45)28(17-41)51-37)52-36-34(48)32(46)30(44)20(3)49-36/h14,18-20,23-37,40-41,43-48H,6-13,15-17H2,1-5H3/t18-,19+,20-,23+,24-,25-,26-,27-,28+,29-,30-,31-,32+,33-,34+,35+,36+,37+,38-,39-/m0/s1. The van der Waals surface area contributed by atoms with Gasteiger partial charge in [-0.25, -0.2) is 0 Å². The van der Waals surface area contributed by atoms with Gasteiger partial charge in [0.05, 0.1) is 24.9 Å². The lowest BCUT2D eigenvalue weighted by atomic mass is 9.46. The smallest absolute Gasteiger partial charge is 0.187 e. The summed E-state index contributed by atoms with van der Waals surface area (Å²) >= 11 is 0. The Morgan fingerprint density at radius 1 is 0.865 bits per heavy atom. The monoisotopic (exact) mass is 740 g/mol. The molecular formula is C39H64O13. The summed E-state index contributed by atoms with van der Waals surface area (Å²) in [7, 11) is 0. The lowest BCUT2D eigenvalue weighted by molar-refractivity contribution is -0.371. The average molecular weight is 741 g/mol. The van der Waals surface area contributed by atoms with Crippen molar-refractivity contribution in [3.05, 3.63) is 11.6 Å². The molecule has 6 aliphatic rings. The summed E-state index contributed by atoms with van der Waals surface area (Å²) in [6.45, 7) is 9.58. The first-order chi connectivity index (χ1) is 24.5. The first-order valence-electron chi connectivity index (χ1n) is 19.7. The Bertz CT molecular complexity index is 1280. The van der Waals surface area contributed by atoms with Crippen molar-refractivity contribution in [2.75, 3.05) is 13.2 Å². The van der Waals surface area contributed by atoms with Crippen molar-refractivity contribution in [3.63, 3.8) is 0 Å². The van der Waals surface area contributed by atoms with Crippen LogP contribution >= 0.6 is 0 Å². The van der Waals surface area contributed by atoms with E-state index in [4.69, 9.17) is 18.9 Å². The zero-order valence-electron chi connectivity index (χ0n) is 31.4. The topological polar surface area (TPSA) is 216 Å². The Labute approximate surface area is 307 Å². The van der Waals surface area contributed by atoms with E-state index in [0.29, 0.717) is 37.5 Å². The average Bonchev–Trinajstić information content (AvgIpc) is 3.42. The Hall–Kier alpha value is -1.07. The number of fused-ring (bicyclic) bond motifs is 5. The molecule has 0 radical (unpaired) electrons. The highest BCUT2D eigenvalue weighted by molar-refractivity contribution is 5.91. The molecule has 3 saturated carbocycles. The van der Waals surface area contributed by atoms with Crippen LogP contribution in [0.1, 0.15) is 92.4 Å². The van der Waals surface area contributed by atoms with Crippen LogP contribution in [0.15, 0.2) is 11.6 Å². The highest BCUT2D eigenvalue weighted by atomic mass is 16.8. The zero-order valence-corrected chi connectivity index (χ0v) is 31.4. The molecule has 2 aliphatic heterocycles. The molecule has 0 amide bonds. The predicted molar refractivity (Wildman–Crippen MR) is 186 cm³/mol. The molecule has 0 bridgehead atoms. The molecule has 4 aliphatic carbocycles. The molecule has 8 N–H and O–H groups in total. The van der Waals surface area contributed by atoms with E-state index in [1.165, 1.54) is 12.5 Å². The molecule has 13 heteroatoms.